The van der Waals surface area contributed by atoms with Crippen molar-refractivity contribution < 1.29 is 33.3 Å². The lowest BCUT2D eigenvalue weighted by Crippen LogP contribution is -2.57. The monoisotopic (exact) mass is 594 g/mol. The van der Waals surface area contributed by atoms with E-state index >= 15 is 0 Å². The fraction of sp³-hybridized carbons (Fsp3) is 0.500. The lowest BCUT2D eigenvalue weighted by Gasteiger charge is -2.31. The molecule has 5 atom stereocenters. The summed E-state index contributed by atoms with van der Waals surface area (Å²) in [6.45, 7) is 5.84. The van der Waals surface area contributed by atoms with Crippen molar-refractivity contribution in [3.63, 3.8) is 0 Å². The first-order chi connectivity index (χ1) is 20.5. The largest absolute Gasteiger partial charge is 0.361 e. The summed E-state index contributed by atoms with van der Waals surface area (Å²) in [6.07, 6.45) is 0.680. The molecule has 2 saturated heterocycles. The lowest BCUT2D eigenvalue weighted by atomic mass is 9.94. The van der Waals surface area contributed by atoms with E-state index in [1.54, 1.807) is 20.8 Å². The van der Waals surface area contributed by atoms with Crippen LogP contribution < -0.4 is 21.3 Å². The Morgan fingerprint density at radius 3 is 2.42 bits per heavy atom. The van der Waals surface area contributed by atoms with E-state index in [1.807, 2.05) is 30.3 Å². The molecule has 13 heteroatoms. The molecule has 5 amide bonds. The third kappa shape index (κ3) is 7.27. The molecule has 0 aliphatic carbocycles. The van der Waals surface area contributed by atoms with E-state index in [9.17, 15) is 28.8 Å². The van der Waals surface area contributed by atoms with Crippen molar-refractivity contribution in [2.75, 3.05) is 20.1 Å². The number of carbonyl (C=O) groups is 6. The maximum atomic E-state index is 14.0. The number of aryl methyl sites for hydroxylation is 1. The van der Waals surface area contributed by atoms with Crippen LogP contribution in [0.4, 0.5) is 0 Å². The number of likely N-dealkylation sites (tertiary alicyclic amines) is 1. The Kier molecular flexibility index (Phi) is 9.94. The Morgan fingerprint density at radius 1 is 1.12 bits per heavy atom. The number of likely N-dealkylation sites (N-methyl/N-ethyl adjacent to an activating group) is 1. The van der Waals surface area contributed by atoms with Gasteiger partial charge in [-0.25, -0.2) is 0 Å². The van der Waals surface area contributed by atoms with Crippen molar-refractivity contribution in [1.29, 1.82) is 0 Å². The van der Waals surface area contributed by atoms with Crippen LogP contribution in [0.1, 0.15) is 60.8 Å². The van der Waals surface area contributed by atoms with Gasteiger partial charge in [-0.1, -0.05) is 49.3 Å². The van der Waals surface area contributed by atoms with Crippen LogP contribution in [0.3, 0.4) is 0 Å². The number of nitrogens with one attached hydrogen (secondary N) is 4. The molecule has 0 bridgehead atoms. The summed E-state index contributed by atoms with van der Waals surface area (Å²) in [7, 11) is 1.31. The molecule has 2 aromatic rings. The van der Waals surface area contributed by atoms with Crippen LogP contribution in [-0.2, 0) is 24.0 Å². The van der Waals surface area contributed by atoms with Gasteiger partial charge < -0.3 is 30.7 Å². The molecule has 43 heavy (non-hydrogen) atoms. The van der Waals surface area contributed by atoms with Crippen molar-refractivity contribution >= 4 is 35.3 Å². The van der Waals surface area contributed by atoms with E-state index < -0.39 is 53.5 Å². The molecular formula is C30H38N6O7. The summed E-state index contributed by atoms with van der Waals surface area (Å²) in [6, 6.07) is 7.66. The van der Waals surface area contributed by atoms with Gasteiger partial charge in [0.25, 0.3) is 11.8 Å². The molecule has 2 aliphatic rings. The van der Waals surface area contributed by atoms with Crippen LogP contribution >= 0.6 is 0 Å². The van der Waals surface area contributed by atoms with E-state index in [1.165, 1.54) is 18.0 Å². The first kappa shape index (κ1) is 31.4. The highest BCUT2D eigenvalue weighted by Crippen LogP contribution is 2.33. The topological polar surface area (TPSA) is 180 Å². The Hall–Kier alpha value is -4.55. The summed E-state index contributed by atoms with van der Waals surface area (Å²) in [5.41, 5.74) is 0.958. The molecule has 0 spiro atoms. The zero-order chi connectivity index (χ0) is 31.3. The van der Waals surface area contributed by atoms with Gasteiger partial charge >= 0.3 is 0 Å². The molecular weight excluding hydrogens is 556 g/mol. The molecule has 4 rings (SSSR count). The molecule has 0 radical (unpaired) electrons. The number of aromatic nitrogens is 1. The van der Waals surface area contributed by atoms with Crippen molar-refractivity contribution in [1.82, 2.24) is 31.3 Å². The average Bonchev–Trinajstić information content (AvgIpc) is 3.74. The third-order valence-corrected chi connectivity index (χ3v) is 8.00. The summed E-state index contributed by atoms with van der Waals surface area (Å²) in [5, 5.41) is 14.1. The van der Waals surface area contributed by atoms with Crippen molar-refractivity contribution in [3.8, 4) is 0 Å². The number of carbonyl (C=O) groups excluding carboxylic acids is 6. The number of rotatable bonds is 11. The van der Waals surface area contributed by atoms with Gasteiger partial charge in [0, 0.05) is 38.0 Å². The van der Waals surface area contributed by atoms with Crippen LogP contribution in [0, 0.1) is 18.8 Å². The van der Waals surface area contributed by atoms with Crippen LogP contribution in [-0.4, -0.2) is 83.6 Å². The normalized spacial score (nSPS) is 21.2. The zero-order valence-electron chi connectivity index (χ0n) is 24.7. The summed E-state index contributed by atoms with van der Waals surface area (Å²) >= 11 is 0. The maximum absolute atomic E-state index is 14.0. The molecule has 4 N–H and O–H groups in total. The summed E-state index contributed by atoms with van der Waals surface area (Å²) < 4.78 is 4.99. The van der Waals surface area contributed by atoms with Gasteiger partial charge in [0.05, 0.1) is 6.04 Å². The zero-order valence-corrected chi connectivity index (χ0v) is 24.7. The second-order valence-electron chi connectivity index (χ2n) is 11.4. The summed E-state index contributed by atoms with van der Waals surface area (Å²) in [4.78, 5) is 79.7. The lowest BCUT2D eigenvalue weighted by molar-refractivity contribution is -0.143. The van der Waals surface area contributed by atoms with Gasteiger partial charge in [0.1, 0.15) is 17.8 Å². The van der Waals surface area contributed by atoms with Gasteiger partial charge in [0.15, 0.2) is 5.69 Å². The first-order valence-corrected chi connectivity index (χ1v) is 14.4. The number of ketones is 1. The van der Waals surface area contributed by atoms with E-state index in [4.69, 9.17) is 4.52 Å². The van der Waals surface area contributed by atoms with Crippen LogP contribution in [0.5, 0.6) is 0 Å². The number of Topliss-reactive ketones (excluding diaryl/α,β-unsaturated/α-hetero) is 1. The van der Waals surface area contributed by atoms with Gasteiger partial charge in [0.2, 0.25) is 23.5 Å². The minimum atomic E-state index is -1.26. The molecule has 230 valence electrons. The highest BCUT2D eigenvalue weighted by molar-refractivity contribution is 6.38. The molecule has 0 saturated carbocycles. The molecule has 3 unspecified atom stereocenters. The van der Waals surface area contributed by atoms with Gasteiger partial charge in [-0.2, -0.15) is 0 Å². The molecule has 2 aliphatic heterocycles. The number of benzene rings is 1. The molecule has 13 nitrogen and oxygen atoms in total. The number of hydrogen-bond donors (Lipinski definition) is 4. The van der Waals surface area contributed by atoms with Crippen LogP contribution in [0.2, 0.25) is 0 Å². The maximum Gasteiger partial charge on any atom is 0.289 e. The Balaban J connectivity index is 1.60. The van der Waals surface area contributed by atoms with Crippen molar-refractivity contribution in [2.45, 2.75) is 64.1 Å². The smallest absolute Gasteiger partial charge is 0.289 e. The van der Waals surface area contributed by atoms with Crippen molar-refractivity contribution in [3.05, 3.63) is 53.4 Å². The fourth-order valence-electron chi connectivity index (χ4n) is 5.61. The summed E-state index contributed by atoms with van der Waals surface area (Å²) in [5.74, 6) is -4.33. The fourth-order valence-corrected chi connectivity index (χ4v) is 5.61. The van der Waals surface area contributed by atoms with Gasteiger partial charge in [-0.3, -0.25) is 28.8 Å². The van der Waals surface area contributed by atoms with E-state index in [0.29, 0.717) is 18.7 Å². The quantitative estimate of drug-likeness (QED) is 0.271. The van der Waals surface area contributed by atoms with Gasteiger partial charge in [-0.15, -0.1) is 0 Å². The first-order valence-electron chi connectivity index (χ1n) is 14.4. The van der Waals surface area contributed by atoms with E-state index in [-0.39, 0.29) is 42.8 Å². The van der Waals surface area contributed by atoms with Crippen LogP contribution in [0.25, 0.3) is 0 Å². The molecule has 3 heterocycles. The minimum Gasteiger partial charge on any atom is -0.361 e. The standard InChI is InChI=1S/C30H38N6O7/c1-16(2)24(34-27(39)22-12-17(3)43-35-22)30(42)36-15-20(18-8-6-5-7-9-18)14-23(36)28(40)33-21(25(37)29(41)31-4)13-19-10-11-32-26(19)38/h5-9,12,16,19-21,23-24H,10-11,13-15H2,1-4H3,(H,31,41)(H,32,38)(H,33,40)(H,34,39)/t19-,20?,21-,23?,24?/m0/s1. The van der Waals surface area contributed by atoms with Crippen molar-refractivity contribution in [2.24, 2.45) is 11.8 Å². The highest BCUT2D eigenvalue weighted by Gasteiger charge is 2.44. The molecule has 1 aromatic heterocycles. The predicted molar refractivity (Wildman–Crippen MR) is 153 cm³/mol. The Labute approximate surface area is 249 Å². The highest BCUT2D eigenvalue weighted by atomic mass is 16.5. The number of amides is 5. The van der Waals surface area contributed by atoms with Crippen LogP contribution in [0.15, 0.2) is 40.9 Å². The molecule has 2 fully saturated rings. The average molecular weight is 595 g/mol. The SMILES string of the molecule is CNC(=O)C(=O)[C@H](C[C@@H]1CCNC1=O)NC(=O)C1CC(c2ccccc2)CN1C(=O)C(NC(=O)c1cc(C)on1)C(C)C. The van der Waals surface area contributed by atoms with E-state index in [2.05, 4.69) is 26.4 Å². The molecule has 1 aromatic carbocycles. The Bertz CT molecular complexity index is 1370. The predicted octanol–water partition coefficient (Wildman–Crippen LogP) is 0.448. The second kappa shape index (κ2) is 13.6. The second-order valence-corrected chi connectivity index (χ2v) is 11.4. The van der Waals surface area contributed by atoms with E-state index in [0.717, 1.165) is 5.56 Å². The number of hydrogen-bond acceptors (Lipinski definition) is 8. The minimum absolute atomic E-state index is 0.0281. The Morgan fingerprint density at radius 2 is 1.84 bits per heavy atom. The number of nitrogens with zero attached hydrogens (tertiary/aromatic N) is 2. The third-order valence-electron chi connectivity index (χ3n) is 8.00. The van der Waals surface area contributed by atoms with Gasteiger partial charge in [-0.05, 0) is 37.7 Å².